The maximum Gasteiger partial charge on any atom is 0.166 e. The second-order valence-corrected chi connectivity index (χ2v) is 6.32. The molecule has 0 unspecified atom stereocenters. The minimum Gasteiger partial charge on any atom is -0.496 e. The van der Waals surface area contributed by atoms with Crippen molar-refractivity contribution in [2.75, 3.05) is 27.7 Å². The van der Waals surface area contributed by atoms with Crippen LogP contribution in [0.3, 0.4) is 0 Å². The van der Waals surface area contributed by atoms with Gasteiger partial charge in [-0.2, -0.15) is 0 Å². The lowest BCUT2D eigenvalue weighted by Gasteiger charge is -2.27. The minimum absolute atomic E-state index is 0.113. The van der Waals surface area contributed by atoms with Gasteiger partial charge in [-0.25, -0.2) is 4.39 Å². The predicted molar refractivity (Wildman–Crippen MR) is 103 cm³/mol. The molecule has 0 amide bonds. The van der Waals surface area contributed by atoms with Crippen LogP contribution in [0.5, 0.6) is 5.75 Å². The number of rotatable bonds is 7. The van der Waals surface area contributed by atoms with Gasteiger partial charge in [0.05, 0.1) is 13.2 Å². The van der Waals surface area contributed by atoms with E-state index in [1.165, 1.54) is 12.1 Å². The van der Waals surface area contributed by atoms with Crippen molar-refractivity contribution in [3.8, 4) is 5.75 Å². The number of halogens is 1. The van der Waals surface area contributed by atoms with Crippen LogP contribution in [0.15, 0.2) is 48.5 Å². The van der Waals surface area contributed by atoms with Crippen molar-refractivity contribution in [2.45, 2.75) is 12.6 Å². The Kier molecular flexibility index (Phi) is 7.16. The highest BCUT2D eigenvalue weighted by Crippen LogP contribution is 2.27. The van der Waals surface area contributed by atoms with Gasteiger partial charge < -0.3 is 20.3 Å². The highest BCUT2D eigenvalue weighted by atomic mass is 32.1. The Balaban J connectivity index is 1.92. The molecule has 0 spiro atoms. The second kappa shape index (κ2) is 9.34. The van der Waals surface area contributed by atoms with Crippen molar-refractivity contribution < 1.29 is 9.13 Å². The number of nitrogens with zero attached hydrogens (tertiary/aromatic N) is 1. The topological polar surface area (TPSA) is 36.5 Å². The van der Waals surface area contributed by atoms with Crippen LogP contribution in [0.4, 0.5) is 4.39 Å². The molecule has 0 aromatic heterocycles. The Bertz CT molecular complexity index is 691. The van der Waals surface area contributed by atoms with Gasteiger partial charge in [0.1, 0.15) is 11.6 Å². The van der Waals surface area contributed by atoms with Gasteiger partial charge in [0.25, 0.3) is 0 Å². The number of thiocarbonyl (C=S) groups is 1. The van der Waals surface area contributed by atoms with E-state index >= 15 is 0 Å². The van der Waals surface area contributed by atoms with Crippen LogP contribution in [-0.4, -0.2) is 37.8 Å². The number of ether oxygens (including phenoxy) is 1. The van der Waals surface area contributed by atoms with Gasteiger partial charge in [0.2, 0.25) is 0 Å². The number of para-hydroxylation sites is 1. The zero-order valence-electron chi connectivity index (χ0n) is 14.8. The molecule has 2 aromatic carbocycles. The van der Waals surface area contributed by atoms with E-state index < -0.39 is 0 Å². The standard InChI is InChI=1S/C19H24FN3OS/c1-23(2)17(16-6-4-5-7-18(16)24-3)13-22-19(25)21-12-14-8-10-15(20)11-9-14/h4-11,17H,12-13H2,1-3H3,(H2,21,22,25)/t17-/m0/s1. The minimum atomic E-state index is -0.241. The maximum absolute atomic E-state index is 12.9. The normalized spacial score (nSPS) is 11.9. The van der Waals surface area contributed by atoms with Crippen LogP contribution in [0.2, 0.25) is 0 Å². The molecule has 0 saturated heterocycles. The first-order chi connectivity index (χ1) is 12.0. The van der Waals surface area contributed by atoms with Crippen molar-refractivity contribution >= 4 is 17.3 Å². The quantitative estimate of drug-likeness (QED) is 0.741. The first-order valence-corrected chi connectivity index (χ1v) is 8.47. The summed E-state index contributed by atoms with van der Waals surface area (Å²) in [6.45, 7) is 1.19. The summed E-state index contributed by atoms with van der Waals surface area (Å²) >= 11 is 5.35. The van der Waals surface area contributed by atoms with E-state index in [1.807, 2.05) is 32.3 Å². The zero-order chi connectivity index (χ0) is 18.2. The fourth-order valence-corrected chi connectivity index (χ4v) is 2.70. The molecule has 0 heterocycles. The summed E-state index contributed by atoms with van der Waals surface area (Å²) in [4.78, 5) is 2.12. The van der Waals surface area contributed by atoms with Crippen LogP contribution in [0.25, 0.3) is 0 Å². The lowest BCUT2D eigenvalue weighted by Crippen LogP contribution is -2.40. The first kappa shape index (κ1) is 19.1. The van der Waals surface area contributed by atoms with Crippen LogP contribution in [0, 0.1) is 5.82 Å². The molecule has 0 fully saturated rings. The number of nitrogens with one attached hydrogen (secondary N) is 2. The molecule has 0 aliphatic heterocycles. The maximum atomic E-state index is 12.9. The second-order valence-electron chi connectivity index (χ2n) is 5.91. The molecule has 134 valence electrons. The fraction of sp³-hybridized carbons (Fsp3) is 0.316. The summed E-state index contributed by atoms with van der Waals surface area (Å²) in [5.74, 6) is 0.614. The highest BCUT2D eigenvalue weighted by molar-refractivity contribution is 7.80. The van der Waals surface area contributed by atoms with Crippen molar-refractivity contribution in [3.05, 3.63) is 65.5 Å². The molecular formula is C19H24FN3OS. The number of hydrogen-bond acceptors (Lipinski definition) is 3. The third kappa shape index (κ3) is 5.69. The fourth-order valence-electron chi connectivity index (χ4n) is 2.55. The summed E-state index contributed by atoms with van der Waals surface area (Å²) in [6, 6.07) is 14.4. The SMILES string of the molecule is COc1ccccc1[C@H](CNC(=S)NCc1ccc(F)cc1)N(C)C. The van der Waals surface area contributed by atoms with E-state index in [0.29, 0.717) is 18.2 Å². The van der Waals surface area contributed by atoms with Crippen molar-refractivity contribution in [2.24, 2.45) is 0 Å². The Morgan fingerprint density at radius 3 is 2.44 bits per heavy atom. The summed E-state index contributed by atoms with van der Waals surface area (Å²) < 4.78 is 18.4. The molecule has 2 aromatic rings. The van der Waals surface area contributed by atoms with Gasteiger partial charge >= 0.3 is 0 Å². The van der Waals surface area contributed by atoms with E-state index in [4.69, 9.17) is 17.0 Å². The molecule has 6 heteroatoms. The predicted octanol–water partition coefficient (Wildman–Crippen LogP) is 3.10. The Morgan fingerprint density at radius 2 is 1.80 bits per heavy atom. The molecule has 25 heavy (non-hydrogen) atoms. The van der Waals surface area contributed by atoms with E-state index in [0.717, 1.165) is 16.9 Å². The van der Waals surface area contributed by atoms with E-state index in [9.17, 15) is 4.39 Å². The van der Waals surface area contributed by atoms with E-state index in [-0.39, 0.29) is 11.9 Å². The number of hydrogen-bond donors (Lipinski definition) is 2. The smallest absolute Gasteiger partial charge is 0.166 e. The molecule has 2 rings (SSSR count). The molecule has 0 aliphatic rings. The van der Waals surface area contributed by atoms with Crippen LogP contribution < -0.4 is 15.4 Å². The molecular weight excluding hydrogens is 337 g/mol. The van der Waals surface area contributed by atoms with Gasteiger partial charge in [-0.15, -0.1) is 0 Å². The Hall–Kier alpha value is -2.18. The molecule has 0 saturated carbocycles. The number of methoxy groups -OCH3 is 1. The molecule has 4 nitrogen and oxygen atoms in total. The van der Waals surface area contributed by atoms with E-state index in [2.05, 4.69) is 21.6 Å². The Labute approximate surface area is 154 Å². The third-order valence-electron chi connectivity index (χ3n) is 3.94. The lowest BCUT2D eigenvalue weighted by molar-refractivity contribution is 0.288. The van der Waals surface area contributed by atoms with E-state index in [1.54, 1.807) is 19.2 Å². The van der Waals surface area contributed by atoms with Crippen molar-refractivity contribution in [1.82, 2.24) is 15.5 Å². The van der Waals surface area contributed by atoms with Crippen molar-refractivity contribution in [3.63, 3.8) is 0 Å². The molecule has 0 bridgehead atoms. The average molecular weight is 361 g/mol. The van der Waals surface area contributed by atoms with Gasteiger partial charge in [0, 0.05) is 18.7 Å². The van der Waals surface area contributed by atoms with Gasteiger partial charge in [0.15, 0.2) is 5.11 Å². The molecule has 0 radical (unpaired) electrons. The highest BCUT2D eigenvalue weighted by Gasteiger charge is 2.18. The van der Waals surface area contributed by atoms with Crippen LogP contribution >= 0.6 is 12.2 Å². The van der Waals surface area contributed by atoms with Gasteiger partial charge in [-0.05, 0) is 50.1 Å². The summed E-state index contributed by atoms with van der Waals surface area (Å²) in [6.07, 6.45) is 0. The molecule has 1 atom stereocenters. The summed E-state index contributed by atoms with van der Waals surface area (Å²) in [5.41, 5.74) is 2.07. The largest absolute Gasteiger partial charge is 0.496 e. The Morgan fingerprint density at radius 1 is 1.12 bits per heavy atom. The van der Waals surface area contributed by atoms with Gasteiger partial charge in [-0.3, -0.25) is 0 Å². The third-order valence-corrected chi connectivity index (χ3v) is 4.23. The van der Waals surface area contributed by atoms with Crippen molar-refractivity contribution in [1.29, 1.82) is 0 Å². The summed E-state index contributed by atoms with van der Waals surface area (Å²) in [5, 5.41) is 6.95. The van der Waals surface area contributed by atoms with Crippen LogP contribution in [0.1, 0.15) is 17.2 Å². The monoisotopic (exact) mass is 361 g/mol. The number of likely N-dealkylation sites (N-methyl/N-ethyl adjacent to an activating group) is 1. The number of benzene rings is 2. The zero-order valence-corrected chi connectivity index (χ0v) is 15.6. The lowest BCUT2D eigenvalue weighted by atomic mass is 10.0. The van der Waals surface area contributed by atoms with Crippen LogP contribution in [-0.2, 0) is 6.54 Å². The van der Waals surface area contributed by atoms with Gasteiger partial charge in [-0.1, -0.05) is 30.3 Å². The molecule has 2 N–H and O–H groups in total. The first-order valence-electron chi connectivity index (χ1n) is 8.06. The molecule has 0 aliphatic carbocycles. The average Bonchev–Trinajstić information content (AvgIpc) is 2.61. The summed E-state index contributed by atoms with van der Waals surface area (Å²) in [7, 11) is 5.72.